The van der Waals surface area contributed by atoms with Gasteiger partial charge in [0.25, 0.3) is 11.5 Å². The minimum atomic E-state index is -0.113. The zero-order valence-electron chi connectivity index (χ0n) is 14.6. The Balaban J connectivity index is 1.67. The lowest BCUT2D eigenvalue weighted by Gasteiger charge is -2.14. The lowest BCUT2D eigenvalue weighted by molar-refractivity contribution is -0.885. The van der Waals surface area contributed by atoms with Crippen molar-refractivity contribution in [1.29, 1.82) is 0 Å². The van der Waals surface area contributed by atoms with E-state index in [2.05, 4.69) is 10.3 Å². The Morgan fingerprint density at radius 2 is 1.96 bits per heavy atom. The van der Waals surface area contributed by atoms with E-state index in [1.54, 1.807) is 34.7 Å². The van der Waals surface area contributed by atoms with Gasteiger partial charge in [-0.15, -0.1) is 0 Å². The van der Waals surface area contributed by atoms with E-state index in [4.69, 9.17) is 11.6 Å². The summed E-state index contributed by atoms with van der Waals surface area (Å²) in [7, 11) is 1.89. The molecule has 2 N–H and O–H groups in total. The fraction of sp³-hybridized carbons (Fsp3) is 0.211. The minimum Gasteiger partial charge on any atom is -0.325 e. The molecule has 3 aromatic rings. The maximum Gasteiger partial charge on any atom is 0.279 e. The Morgan fingerprint density at radius 3 is 2.69 bits per heavy atom. The fourth-order valence-electron chi connectivity index (χ4n) is 2.84. The Kier molecular flexibility index (Phi) is 5.35. The van der Waals surface area contributed by atoms with E-state index in [9.17, 15) is 9.59 Å². The Morgan fingerprint density at radius 1 is 1.23 bits per heavy atom. The van der Waals surface area contributed by atoms with E-state index in [-0.39, 0.29) is 18.0 Å². The molecule has 0 spiro atoms. The SMILES string of the molecule is Cc1cccc2nc(C[NH+](C)CC(=O)Nc3ccc(Cl)cc3)cc(=O)n12. The van der Waals surface area contributed by atoms with Gasteiger partial charge in [0, 0.05) is 22.5 Å². The van der Waals surface area contributed by atoms with Crippen LogP contribution in [0.2, 0.25) is 5.02 Å². The summed E-state index contributed by atoms with van der Waals surface area (Å²) in [6, 6.07) is 14.0. The molecule has 1 atom stereocenters. The van der Waals surface area contributed by atoms with Gasteiger partial charge < -0.3 is 10.2 Å². The highest BCUT2D eigenvalue weighted by molar-refractivity contribution is 6.30. The van der Waals surface area contributed by atoms with E-state index in [0.717, 1.165) is 10.6 Å². The van der Waals surface area contributed by atoms with Crippen molar-refractivity contribution in [2.75, 3.05) is 18.9 Å². The van der Waals surface area contributed by atoms with Gasteiger partial charge in [-0.3, -0.25) is 14.0 Å². The molecule has 3 rings (SSSR count). The number of carbonyl (C=O) groups is 1. The predicted octanol–water partition coefficient (Wildman–Crippen LogP) is 1.31. The smallest absolute Gasteiger partial charge is 0.279 e. The van der Waals surface area contributed by atoms with Crippen LogP contribution in [0.25, 0.3) is 5.65 Å². The maximum atomic E-state index is 12.3. The van der Waals surface area contributed by atoms with Gasteiger partial charge in [-0.2, -0.15) is 0 Å². The number of nitrogens with one attached hydrogen (secondary N) is 2. The predicted molar refractivity (Wildman–Crippen MR) is 102 cm³/mol. The van der Waals surface area contributed by atoms with Crippen molar-refractivity contribution >= 4 is 28.8 Å². The molecule has 7 heteroatoms. The first-order valence-electron chi connectivity index (χ1n) is 8.27. The molecule has 0 aliphatic heterocycles. The summed E-state index contributed by atoms with van der Waals surface area (Å²) in [4.78, 5) is 30.0. The number of pyridine rings is 1. The number of amides is 1. The van der Waals surface area contributed by atoms with Crippen LogP contribution in [0.3, 0.4) is 0 Å². The zero-order valence-corrected chi connectivity index (χ0v) is 15.4. The molecule has 6 nitrogen and oxygen atoms in total. The molecule has 1 amide bonds. The number of quaternary nitrogens is 1. The summed E-state index contributed by atoms with van der Waals surface area (Å²) in [5.41, 5.74) is 2.71. The van der Waals surface area contributed by atoms with Gasteiger partial charge in [0.15, 0.2) is 6.54 Å². The molecule has 0 radical (unpaired) electrons. The second-order valence-corrected chi connectivity index (χ2v) is 6.75. The third-order valence-corrected chi connectivity index (χ3v) is 4.26. The van der Waals surface area contributed by atoms with Crippen LogP contribution in [0.5, 0.6) is 0 Å². The molecular formula is C19H20ClN4O2+. The number of rotatable bonds is 5. The number of carbonyl (C=O) groups excluding carboxylic acids is 1. The second-order valence-electron chi connectivity index (χ2n) is 6.31. The summed E-state index contributed by atoms with van der Waals surface area (Å²) < 4.78 is 1.58. The number of aryl methyl sites for hydroxylation is 1. The Hall–Kier alpha value is -2.70. The van der Waals surface area contributed by atoms with E-state index >= 15 is 0 Å². The van der Waals surface area contributed by atoms with Crippen molar-refractivity contribution in [2.45, 2.75) is 13.5 Å². The standard InChI is InChI=1S/C19H19ClN4O2/c1-13-4-3-5-17-21-16(10-19(26)24(13)17)11-23(2)12-18(25)22-15-8-6-14(20)7-9-15/h3-10H,11-12H2,1-2H3,(H,22,25)/p+1. The number of hydrogen-bond acceptors (Lipinski definition) is 3. The molecule has 26 heavy (non-hydrogen) atoms. The van der Waals surface area contributed by atoms with Gasteiger partial charge in [-0.05, 0) is 43.3 Å². The van der Waals surface area contributed by atoms with Gasteiger partial charge >= 0.3 is 0 Å². The minimum absolute atomic E-state index is 0.110. The molecular weight excluding hydrogens is 352 g/mol. The molecule has 134 valence electrons. The number of nitrogens with zero attached hydrogens (tertiary/aromatic N) is 2. The summed E-state index contributed by atoms with van der Waals surface area (Å²) in [6.45, 7) is 2.61. The highest BCUT2D eigenvalue weighted by atomic mass is 35.5. The highest BCUT2D eigenvalue weighted by Gasteiger charge is 2.13. The Labute approximate surface area is 156 Å². The van der Waals surface area contributed by atoms with Crippen molar-refractivity contribution in [3.05, 3.63) is 75.3 Å². The molecule has 2 aromatic heterocycles. The molecule has 0 saturated carbocycles. The molecule has 0 aliphatic rings. The molecule has 0 bridgehead atoms. The van der Waals surface area contributed by atoms with Crippen LogP contribution in [0.4, 0.5) is 5.69 Å². The largest absolute Gasteiger partial charge is 0.325 e. The number of hydrogen-bond donors (Lipinski definition) is 2. The third-order valence-electron chi connectivity index (χ3n) is 4.01. The van der Waals surface area contributed by atoms with Gasteiger partial charge in [0.2, 0.25) is 0 Å². The van der Waals surface area contributed by atoms with E-state index in [0.29, 0.717) is 28.6 Å². The van der Waals surface area contributed by atoms with Gasteiger partial charge in [-0.1, -0.05) is 17.7 Å². The normalized spacial score (nSPS) is 12.1. The first-order valence-corrected chi connectivity index (χ1v) is 8.65. The van der Waals surface area contributed by atoms with Crippen LogP contribution in [-0.4, -0.2) is 28.9 Å². The summed E-state index contributed by atoms with van der Waals surface area (Å²) in [5, 5.41) is 3.45. The maximum absolute atomic E-state index is 12.3. The monoisotopic (exact) mass is 371 g/mol. The summed E-state index contributed by atoms with van der Waals surface area (Å²) >= 11 is 5.84. The number of likely N-dealkylation sites (N-methyl/N-ethyl adjacent to an activating group) is 1. The van der Waals surface area contributed by atoms with Crippen LogP contribution in [-0.2, 0) is 11.3 Å². The first-order chi connectivity index (χ1) is 12.4. The second kappa shape index (κ2) is 7.68. The van der Waals surface area contributed by atoms with Gasteiger partial charge in [0.05, 0.1) is 7.05 Å². The van der Waals surface area contributed by atoms with Crippen molar-refractivity contribution < 1.29 is 9.69 Å². The number of fused-ring (bicyclic) bond motifs is 1. The number of benzene rings is 1. The average molecular weight is 372 g/mol. The molecule has 2 heterocycles. The van der Waals surface area contributed by atoms with E-state index in [1.807, 2.05) is 26.1 Å². The molecule has 1 aromatic carbocycles. The first kappa shape index (κ1) is 18.1. The quantitative estimate of drug-likeness (QED) is 0.710. The van der Waals surface area contributed by atoms with Crippen LogP contribution < -0.4 is 15.8 Å². The third kappa shape index (κ3) is 4.28. The van der Waals surface area contributed by atoms with E-state index < -0.39 is 0 Å². The van der Waals surface area contributed by atoms with Crippen LogP contribution in [0.1, 0.15) is 11.4 Å². The van der Waals surface area contributed by atoms with Gasteiger partial charge in [-0.25, -0.2) is 4.98 Å². The van der Waals surface area contributed by atoms with Crippen LogP contribution in [0.15, 0.2) is 53.3 Å². The topological polar surface area (TPSA) is 67.9 Å². The lowest BCUT2D eigenvalue weighted by Crippen LogP contribution is -3.08. The molecule has 0 fully saturated rings. The average Bonchev–Trinajstić information content (AvgIpc) is 2.56. The fourth-order valence-corrected chi connectivity index (χ4v) is 2.96. The van der Waals surface area contributed by atoms with Crippen molar-refractivity contribution in [3.63, 3.8) is 0 Å². The van der Waals surface area contributed by atoms with E-state index in [1.165, 1.54) is 6.07 Å². The summed E-state index contributed by atoms with van der Waals surface area (Å²) in [5.74, 6) is -0.113. The lowest BCUT2D eigenvalue weighted by atomic mass is 10.3. The summed E-state index contributed by atoms with van der Waals surface area (Å²) in [6.07, 6.45) is 0. The molecule has 0 saturated heterocycles. The van der Waals surface area contributed by atoms with Crippen molar-refractivity contribution in [3.8, 4) is 0 Å². The van der Waals surface area contributed by atoms with Crippen LogP contribution in [0, 0.1) is 6.92 Å². The molecule has 1 unspecified atom stereocenters. The number of aromatic nitrogens is 2. The van der Waals surface area contributed by atoms with Crippen LogP contribution >= 0.6 is 11.6 Å². The zero-order chi connectivity index (χ0) is 18.7. The molecule has 0 aliphatic carbocycles. The number of anilines is 1. The number of halogens is 1. The highest BCUT2D eigenvalue weighted by Crippen LogP contribution is 2.12. The van der Waals surface area contributed by atoms with Crippen molar-refractivity contribution in [2.24, 2.45) is 0 Å². The van der Waals surface area contributed by atoms with Crippen molar-refractivity contribution in [1.82, 2.24) is 9.38 Å². The van der Waals surface area contributed by atoms with Gasteiger partial charge in [0.1, 0.15) is 17.9 Å². The Bertz CT molecular complexity index is 999.